The summed E-state index contributed by atoms with van der Waals surface area (Å²) in [6.45, 7) is 2.05. The van der Waals surface area contributed by atoms with Gasteiger partial charge in [0.1, 0.15) is 6.33 Å². The van der Waals surface area contributed by atoms with Crippen LogP contribution >= 0.6 is 11.3 Å². The van der Waals surface area contributed by atoms with Crippen LogP contribution in [0.5, 0.6) is 0 Å². The highest BCUT2D eigenvalue weighted by atomic mass is 32.1. The molecule has 6 rings (SSSR count). The number of benzene rings is 3. The number of hydrogen-bond donors (Lipinski definition) is 0. The van der Waals surface area contributed by atoms with Gasteiger partial charge in [-0.05, 0) is 59.0 Å². The second-order valence-electron chi connectivity index (χ2n) is 8.15. The molecule has 0 saturated carbocycles. The van der Waals surface area contributed by atoms with Crippen LogP contribution in [0.1, 0.15) is 21.9 Å². The Morgan fingerprint density at radius 3 is 2.73 bits per heavy atom. The molecule has 0 saturated heterocycles. The van der Waals surface area contributed by atoms with Crippen molar-refractivity contribution >= 4 is 32.3 Å². The molecule has 1 aliphatic rings. The molecule has 1 atom stereocenters. The van der Waals surface area contributed by atoms with Gasteiger partial charge in [0.15, 0.2) is 0 Å². The van der Waals surface area contributed by atoms with Gasteiger partial charge in [-0.1, -0.05) is 42.5 Å². The molecule has 0 radical (unpaired) electrons. The van der Waals surface area contributed by atoms with Gasteiger partial charge in [-0.15, -0.1) is 11.3 Å². The SMILES string of the molecule is CN1Cc2cc(-c3ccc4cncnc4c3)ccc2C(c2cc3ccccc3s2)C1. The van der Waals surface area contributed by atoms with Crippen molar-refractivity contribution in [2.75, 3.05) is 13.6 Å². The van der Waals surface area contributed by atoms with Gasteiger partial charge < -0.3 is 4.90 Å². The van der Waals surface area contributed by atoms with Crippen LogP contribution in [-0.4, -0.2) is 28.5 Å². The first-order chi connectivity index (χ1) is 14.7. The first-order valence-electron chi connectivity index (χ1n) is 10.2. The van der Waals surface area contributed by atoms with Crippen LogP contribution in [0.2, 0.25) is 0 Å². The summed E-state index contributed by atoms with van der Waals surface area (Å²) in [6.07, 6.45) is 3.48. The second kappa shape index (κ2) is 7.01. The van der Waals surface area contributed by atoms with E-state index in [1.807, 2.05) is 17.5 Å². The number of hydrogen-bond acceptors (Lipinski definition) is 4. The Morgan fingerprint density at radius 2 is 1.80 bits per heavy atom. The maximum absolute atomic E-state index is 4.42. The maximum atomic E-state index is 4.42. The number of fused-ring (bicyclic) bond motifs is 3. The van der Waals surface area contributed by atoms with Crippen molar-refractivity contribution in [2.24, 2.45) is 0 Å². The van der Waals surface area contributed by atoms with E-state index < -0.39 is 0 Å². The summed E-state index contributed by atoms with van der Waals surface area (Å²) >= 11 is 1.93. The molecule has 3 nitrogen and oxygen atoms in total. The van der Waals surface area contributed by atoms with Crippen molar-refractivity contribution in [1.82, 2.24) is 14.9 Å². The average molecular weight is 408 g/mol. The van der Waals surface area contributed by atoms with Crippen molar-refractivity contribution in [3.8, 4) is 11.1 Å². The lowest BCUT2D eigenvalue weighted by atomic mass is 9.86. The lowest BCUT2D eigenvalue weighted by Crippen LogP contribution is -2.30. The van der Waals surface area contributed by atoms with Crippen molar-refractivity contribution in [3.05, 3.63) is 95.3 Å². The predicted molar refractivity (Wildman–Crippen MR) is 125 cm³/mol. The Balaban J connectivity index is 1.43. The summed E-state index contributed by atoms with van der Waals surface area (Å²) in [5.74, 6) is 0.426. The predicted octanol–water partition coefficient (Wildman–Crippen LogP) is 6.09. The van der Waals surface area contributed by atoms with Crippen LogP contribution in [-0.2, 0) is 6.54 Å². The summed E-state index contributed by atoms with van der Waals surface area (Å²) in [6, 6.07) is 24.5. The molecule has 146 valence electrons. The molecule has 0 aliphatic carbocycles. The van der Waals surface area contributed by atoms with E-state index in [9.17, 15) is 0 Å². The third kappa shape index (κ3) is 3.00. The highest BCUT2D eigenvalue weighted by molar-refractivity contribution is 7.19. The number of likely N-dealkylation sites (N-methyl/N-ethyl adjacent to an activating group) is 1. The summed E-state index contributed by atoms with van der Waals surface area (Å²) in [4.78, 5) is 12.4. The fourth-order valence-electron chi connectivity index (χ4n) is 4.60. The molecular formula is C26H21N3S. The van der Waals surface area contributed by atoms with Gasteiger partial charge in [0.05, 0.1) is 5.52 Å². The smallest absolute Gasteiger partial charge is 0.116 e. The fraction of sp³-hybridized carbons (Fsp3) is 0.154. The minimum Gasteiger partial charge on any atom is -0.301 e. The highest BCUT2D eigenvalue weighted by Crippen LogP contribution is 2.40. The molecular weight excluding hydrogens is 386 g/mol. The lowest BCUT2D eigenvalue weighted by Gasteiger charge is -2.32. The van der Waals surface area contributed by atoms with E-state index in [-0.39, 0.29) is 0 Å². The van der Waals surface area contributed by atoms with Crippen LogP contribution in [0.3, 0.4) is 0 Å². The number of aromatic nitrogens is 2. The van der Waals surface area contributed by atoms with E-state index in [4.69, 9.17) is 0 Å². The molecule has 2 aromatic heterocycles. The largest absolute Gasteiger partial charge is 0.301 e. The normalized spacial score (nSPS) is 16.8. The number of nitrogens with zero attached hydrogens (tertiary/aromatic N) is 3. The minimum atomic E-state index is 0.426. The molecule has 0 N–H and O–H groups in total. The van der Waals surface area contributed by atoms with E-state index in [0.717, 1.165) is 24.0 Å². The molecule has 3 heterocycles. The van der Waals surface area contributed by atoms with Crippen molar-refractivity contribution < 1.29 is 0 Å². The van der Waals surface area contributed by atoms with Crippen LogP contribution in [0.15, 0.2) is 79.3 Å². The molecule has 1 aliphatic heterocycles. The van der Waals surface area contributed by atoms with Crippen LogP contribution in [0, 0.1) is 0 Å². The molecule has 5 aromatic rings. The number of thiophene rings is 1. The number of rotatable bonds is 2. The van der Waals surface area contributed by atoms with Gasteiger partial charge in [0.25, 0.3) is 0 Å². The van der Waals surface area contributed by atoms with Gasteiger partial charge in [-0.2, -0.15) is 0 Å². The molecule has 0 amide bonds. The molecule has 0 bridgehead atoms. The minimum absolute atomic E-state index is 0.426. The Labute approximate surface area is 179 Å². The molecule has 0 spiro atoms. The van der Waals surface area contributed by atoms with Gasteiger partial charge in [0, 0.05) is 40.2 Å². The topological polar surface area (TPSA) is 29.0 Å². The second-order valence-corrected chi connectivity index (χ2v) is 9.26. The van der Waals surface area contributed by atoms with Crippen LogP contribution < -0.4 is 0 Å². The lowest BCUT2D eigenvalue weighted by molar-refractivity contribution is 0.296. The van der Waals surface area contributed by atoms with E-state index in [1.54, 1.807) is 6.33 Å². The molecule has 4 heteroatoms. The van der Waals surface area contributed by atoms with Crippen molar-refractivity contribution in [2.45, 2.75) is 12.5 Å². The Morgan fingerprint density at radius 1 is 0.933 bits per heavy atom. The standard InChI is InChI=1S/C26H21N3S/c1-29-14-21-10-17(18-6-7-20-13-27-16-28-24(20)11-18)8-9-22(21)23(15-29)26-12-19-4-2-3-5-25(19)30-26/h2-13,16,23H,14-15H2,1H3. The Bertz CT molecular complexity index is 1350. The highest BCUT2D eigenvalue weighted by Gasteiger charge is 2.26. The van der Waals surface area contributed by atoms with E-state index in [2.05, 4.69) is 88.6 Å². The Hall–Kier alpha value is -3.08. The van der Waals surface area contributed by atoms with E-state index >= 15 is 0 Å². The molecule has 3 aromatic carbocycles. The van der Waals surface area contributed by atoms with Crippen LogP contribution in [0.4, 0.5) is 0 Å². The van der Waals surface area contributed by atoms with E-state index in [0.29, 0.717) is 5.92 Å². The summed E-state index contributed by atoms with van der Waals surface area (Å²) in [5.41, 5.74) is 6.33. The third-order valence-corrected chi connectivity index (χ3v) is 7.31. The zero-order valence-corrected chi connectivity index (χ0v) is 17.6. The fourth-order valence-corrected chi connectivity index (χ4v) is 5.77. The van der Waals surface area contributed by atoms with Crippen molar-refractivity contribution in [3.63, 3.8) is 0 Å². The molecule has 1 unspecified atom stereocenters. The molecule has 30 heavy (non-hydrogen) atoms. The molecule has 0 fully saturated rings. The Kier molecular flexibility index (Phi) is 4.15. The van der Waals surface area contributed by atoms with Gasteiger partial charge in [-0.3, -0.25) is 0 Å². The first-order valence-corrected chi connectivity index (χ1v) is 11.1. The zero-order valence-electron chi connectivity index (χ0n) is 16.7. The summed E-state index contributed by atoms with van der Waals surface area (Å²) in [5, 5.41) is 2.42. The van der Waals surface area contributed by atoms with Crippen LogP contribution in [0.25, 0.3) is 32.1 Å². The van der Waals surface area contributed by atoms with Gasteiger partial charge in [-0.25, -0.2) is 9.97 Å². The summed E-state index contributed by atoms with van der Waals surface area (Å²) < 4.78 is 1.37. The maximum Gasteiger partial charge on any atom is 0.116 e. The van der Waals surface area contributed by atoms with Gasteiger partial charge in [0.2, 0.25) is 0 Å². The van der Waals surface area contributed by atoms with Crippen molar-refractivity contribution in [1.29, 1.82) is 0 Å². The zero-order chi connectivity index (χ0) is 20.1. The summed E-state index contributed by atoms with van der Waals surface area (Å²) in [7, 11) is 2.23. The first kappa shape index (κ1) is 17.8. The quantitative estimate of drug-likeness (QED) is 0.355. The third-order valence-electron chi connectivity index (χ3n) is 6.08. The van der Waals surface area contributed by atoms with E-state index in [1.165, 1.54) is 37.2 Å². The monoisotopic (exact) mass is 407 g/mol. The van der Waals surface area contributed by atoms with Gasteiger partial charge >= 0.3 is 0 Å². The average Bonchev–Trinajstić information content (AvgIpc) is 3.22.